The molecule has 2 N–H and O–H groups in total. The van der Waals surface area contributed by atoms with Crippen molar-refractivity contribution in [3.05, 3.63) is 81.8 Å². The summed E-state index contributed by atoms with van der Waals surface area (Å²) in [5.41, 5.74) is 4.95. The number of rotatable bonds is 9. The quantitative estimate of drug-likeness (QED) is 0.268. The van der Waals surface area contributed by atoms with Gasteiger partial charge in [0.2, 0.25) is 0 Å². The SMILES string of the molecule is CCCN(C)c1cccc(NC(=O)c2ccc(N3CCN(C(=O)Nc4c(Cl)cc(CN5CCCC5)cc4Cl)CC3)cc2)c1. The van der Waals surface area contributed by atoms with Crippen LogP contribution in [0.15, 0.2) is 60.7 Å². The lowest BCUT2D eigenvalue weighted by molar-refractivity contribution is 0.102. The number of amides is 3. The van der Waals surface area contributed by atoms with Gasteiger partial charge in [-0.25, -0.2) is 4.79 Å². The van der Waals surface area contributed by atoms with Gasteiger partial charge in [0, 0.05) is 68.9 Å². The first kappa shape index (κ1) is 31.0. The van der Waals surface area contributed by atoms with Gasteiger partial charge in [-0.15, -0.1) is 0 Å². The van der Waals surface area contributed by atoms with Crippen LogP contribution >= 0.6 is 23.2 Å². The number of urea groups is 1. The molecular formula is C33H40Cl2N6O2. The van der Waals surface area contributed by atoms with Crippen molar-refractivity contribution < 1.29 is 9.59 Å². The zero-order chi connectivity index (χ0) is 30.3. The van der Waals surface area contributed by atoms with Crippen LogP contribution in [0.4, 0.5) is 27.5 Å². The summed E-state index contributed by atoms with van der Waals surface area (Å²) in [6.07, 6.45) is 3.50. The molecule has 0 bridgehead atoms. The molecule has 3 amide bonds. The second kappa shape index (κ2) is 14.3. The van der Waals surface area contributed by atoms with Crippen molar-refractivity contribution in [2.24, 2.45) is 0 Å². The van der Waals surface area contributed by atoms with Crippen LogP contribution in [0.25, 0.3) is 0 Å². The van der Waals surface area contributed by atoms with Gasteiger partial charge < -0.3 is 25.3 Å². The van der Waals surface area contributed by atoms with Crippen LogP contribution in [0.2, 0.25) is 10.0 Å². The van der Waals surface area contributed by atoms with Crippen LogP contribution in [-0.2, 0) is 6.54 Å². The summed E-state index contributed by atoms with van der Waals surface area (Å²) in [6.45, 7) is 8.54. The third-order valence-electron chi connectivity index (χ3n) is 8.10. The third kappa shape index (κ3) is 7.93. The Morgan fingerprint density at radius 2 is 1.53 bits per heavy atom. The van der Waals surface area contributed by atoms with Gasteiger partial charge in [0.05, 0.1) is 15.7 Å². The maximum atomic E-state index is 13.1. The lowest BCUT2D eigenvalue weighted by atomic mass is 10.1. The maximum Gasteiger partial charge on any atom is 0.322 e. The zero-order valence-corrected chi connectivity index (χ0v) is 26.4. The van der Waals surface area contributed by atoms with Gasteiger partial charge >= 0.3 is 6.03 Å². The number of hydrogen-bond acceptors (Lipinski definition) is 5. The molecule has 2 saturated heterocycles. The lowest BCUT2D eigenvalue weighted by Crippen LogP contribution is -2.50. The van der Waals surface area contributed by atoms with Crippen LogP contribution in [0.1, 0.15) is 42.1 Å². The Morgan fingerprint density at radius 3 is 2.19 bits per heavy atom. The third-order valence-corrected chi connectivity index (χ3v) is 8.70. The smallest absolute Gasteiger partial charge is 0.322 e. The summed E-state index contributed by atoms with van der Waals surface area (Å²) in [7, 11) is 2.05. The summed E-state index contributed by atoms with van der Waals surface area (Å²) < 4.78 is 0. The molecule has 0 radical (unpaired) electrons. The Labute approximate surface area is 264 Å². The molecule has 5 rings (SSSR count). The molecule has 10 heteroatoms. The monoisotopic (exact) mass is 622 g/mol. The molecule has 2 aliphatic heterocycles. The van der Waals surface area contributed by atoms with Crippen molar-refractivity contribution in [2.75, 3.05) is 73.3 Å². The topological polar surface area (TPSA) is 71.2 Å². The van der Waals surface area contributed by atoms with Crippen LogP contribution in [0, 0.1) is 0 Å². The van der Waals surface area contributed by atoms with Crippen LogP contribution in [-0.4, -0.2) is 74.6 Å². The van der Waals surface area contributed by atoms with Crippen LogP contribution in [0.3, 0.4) is 0 Å². The highest BCUT2D eigenvalue weighted by atomic mass is 35.5. The van der Waals surface area contributed by atoms with Gasteiger partial charge in [0.1, 0.15) is 0 Å². The van der Waals surface area contributed by atoms with Crippen LogP contribution in [0.5, 0.6) is 0 Å². The highest BCUT2D eigenvalue weighted by molar-refractivity contribution is 6.39. The maximum absolute atomic E-state index is 13.1. The summed E-state index contributed by atoms with van der Waals surface area (Å²) >= 11 is 13.1. The summed E-state index contributed by atoms with van der Waals surface area (Å²) in [5.74, 6) is -0.148. The summed E-state index contributed by atoms with van der Waals surface area (Å²) in [4.78, 5) is 34.5. The molecule has 0 spiro atoms. The highest BCUT2D eigenvalue weighted by Crippen LogP contribution is 2.33. The average Bonchev–Trinajstić information content (AvgIpc) is 3.52. The summed E-state index contributed by atoms with van der Waals surface area (Å²) in [6, 6.07) is 19.1. The first-order valence-corrected chi connectivity index (χ1v) is 15.8. The second-order valence-corrected chi connectivity index (χ2v) is 12.1. The van der Waals surface area contributed by atoms with Gasteiger partial charge in [-0.1, -0.05) is 36.2 Å². The molecule has 2 aliphatic rings. The molecule has 228 valence electrons. The normalized spacial score (nSPS) is 15.4. The van der Waals surface area contributed by atoms with Gasteiger partial charge in [-0.05, 0) is 92.5 Å². The van der Waals surface area contributed by atoms with E-state index in [2.05, 4.69) is 39.3 Å². The molecule has 0 atom stereocenters. The van der Waals surface area contributed by atoms with E-state index in [1.807, 2.05) is 60.7 Å². The van der Waals surface area contributed by atoms with E-state index < -0.39 is 0 Å². The van der Waals surface area contributed by atoms with Crippen molar-refractivity contribution in [2.45, 2.75) is 32.7 Å². The van der Waals surface area contributed by atoms with Gasteiger partial charge in [-0.2, -0.15) is 0 Å². The van der Waals surface area contributed by atoms with Crippen molar-refractivity contribution in [1.29, 1.82) is 0 Å². The van der Waals surface area contributed by atoms with E-state index >= 15 is 0 Å². The largest absolute Gasteiger partial charge is 0.375 e. The molecular weight excluding hydrogens is 583 g/mol. The first-order chi connectivity index (χ1) is 20.8. The number of likely N-dealkylation sites (tertiary alicyclic amines) is 1. The molecule has 0 unspecified atom stereocenters. The van der Waals surface area contributed by atoms with E-state index in [1.54, 1.807) is 4.90 Å². The number of hydrogen-bond donors (Lipinski definition) is 2. The molecule has 2 fully saturated rings. The fourth-order valence-electron chi connectivity index (χ4n) is 5.70. The van der Waals surface area contributed by atoms with E-state index in [9.17, 15) is 9.59 Å². The van der Waals surface area contributed by atoms with E-state index in [-0.39, 0.29) is 11.9 Å². The Hall–Kier alpha value is -3.46. The van der Waals surface area contributed by atoms with Crippen molar-refractivity contribution >= 4 is 57.9 Å². The fraction of sp³-hybridized carbons (Fsp3) is 0.394. The number of piperazine rings is 1. The molecule has 2 heterocycles. The van der Waals surface area contributed by atoms with Crippen molar-refractivity contribution in [1.82, 2.24) is 9.80 Å². The zero-order valence-electron chi connectivity index (χ0n) is 24.9. The molecule has 3 aromatic rings. The molecule has 43 heavy (non-hydrogen) atoms. The standard InChI is InChI=1S/C33H40Cl2N6O2/c1-3-13-38(2)28-8-6-7-26(22-28)36-32(42)25-9-11-27(12-10-25)40-16-18-41(19-17-40)33(43)37-31-29(34)20-24(21-30(31)35)23-39-14-4-5-15-39/h6-12,20-22H,3-5,13-19,23H2,1-2H3,(H,36,42)(H,37,43). The van der Waals surface area contributed by atoms with Gasteiger partial charge in [-0.3, -0.25) is 9.69 Å². The fourth-order valence-corrected chi connectivity index (χ4v) is 6.33. The number of benzene rings is 3. The van der Waals surface area contributed by atoms with Crippen molar-refractivity contribution in [3.8, 4) is 0 Å². The summed E-state index contributed by atoms with van der Waals surface area (Å²) in [5, 5.41) is 6.84. The van der Waals surface area contributed by atoms with E-state index in [1.165, 1.54) is 12.8 Å². The van der Waals surface area contributed by atoms with Crippen LogP contribution < -0.4 is 20.4 Å². The van der Waals surface area contributed by atoms with Gasteiger partial charge in [0.15, 0.2) is 0 Å². The molecule has 0 aliphatic carbocycles. The van der Waals surface area contributed by atoms with Crippen molar-refractivity contribution in [3.63, 3.8) is 0 Å². The van der Waals surface area contributed by atoms with E-state index in [4.69, 9.17) is 23.2 Å². The second-order valence-electron chi connectivity index (χ2n) is 11.3. The van der Waals surface area contributed by atoms with Gasteiger partial charge in [0.25, 0.3) is 5.91 Å². The number of nitrogens with one attached hydrogen (secondary N) is 2. The Balaban J connectivity index is 1.12. The minimum Gasteiger partial charge on any atom is -0.375 e. The first-order valence-electron chi connectivity index (χ1n) is 15.0. The molecule has 8 nitrogen and oxygen atoms in total. The highest BCUT2D eigenvalue weighted by Gasteiger charge is 2.23. The average molecular weight is 624 g/mol. The number of anilines is 4. The lowest BCUT2D eigenvalue weighted by Gasteiger charge is -2.36. The van der Waals surface area contributed by atoms with E-state index in [0.717, 1.165) is 55.2 Å². The minimum absolute atomic E-state index is 0.148. The number of halogens is 2. The number of carbonyl (C=O) groups is 2. The molecule has 0 aromatic heterocycles. The molecule has 0 saturated carbocycles. The Morgan fingerprint density at radius 1 is 0.860 bits per heavy atom. The Bertz CT molecular complexity index is 1400. The minimum atomic E-state index is -0.215. The predicted octanol–water partition coefficient (Wildman–Crippen LogP) is 7.04. The predicted molar refractivity (Wildman–Crippen MR) is 178 cm³/mol. The molecule has 3 aromatic carbocycles. The number of nitrogens with zero attached hydrogens (tertiary/aromatic N) is 4. The number of carbonyl (C=O) groups excluding carboxylic acids is 2. The Kier molecular flexibility index (Phi) is 10.3. The van der Waals surface area contributed by atoms with E-state index in [0.29, 0.717) is 47.5 Å².